The highest BCUT2D eigenvalue weighted by Gasteiger charge is 2.28. The van der Waals surface area contributed by atoms with E-state index in [0.717, 1.165) is 10.8 Å². The predicted molar refractivity (Wildman–Crippen MR) is 103 cm³/mol. The van der Waals surface area contributed by atoms with Crippen LogP contribution in [0.15, 0.2) is 47.5 Å². The monoisotopic (exact) mass is 356 g/mol. The molecule has 8 heteroatoms. The Morgan fingerprint density at radius 2 is 1.73 bits per heavy atom. The summed E-state index contributed by atoms with van der Waals surface area (Å²) in [6, 6.07) is 12.4. The van der Waals surface area contributed by atoms with Gasteiger partial charge >= 0.3 is 0 Å². The minimum absolute atomic E-state index is 0.0231. The fourth-order valence-electron chi connectivity index (χ4n) is 2.81. The van der Waals surface area contributed by atoms with Gasteiger partial charge in [0.2, 0.25) is 11.8 Å². The summed E-state index contributed by atoms with van der Waals surface area (Å²) in [5.74, 6) is -1.01. The maximum Gasteiger partial charge on any atom is 0.241 e. The normalized spacial score (nSPS) is 11.7. The first-order valence-electron chi connectivity index (χ1n) is 8.29. The number of hydrogen-bond donors (Lipinski definition) is 4. The van der Waals surface area contributed by atoms with Crippen LogP contribution >= 0.6 is 0 Å². The minimum Gasteiger partial charge on any atom is -0.370 e. The first-order valence-corrected chi connectivity index (χ1v) is 8.29. The van der Waals surface area contributed by atoms with Gasteiger partial charge < -0.3 is 22.9 Å². The molecule has 0 bridgehead atoms. The number of guanidine groups is 1. The Morgan fingerprint density at radius 1 is 1.04 bits per heavy atom. The lowest BCUT2D eigenvalue weighted by Gasteiger charge is -2.30. The van der Waals surface area contributed by atoms with Gasteiger partial charge in [0.15, 0.2) is 5.96 Å². The van der Waals surface area contributed by atoms with Gasteiger partial charge in [-0.3, -0.25) is 19.5 Å². The summed E-state index contributed by atoms with van der Waals surface area (Å²) in [5.41, 5.74) is 22.3. The summed E-state index contributed by atoms with van der Waals surface area (Å²) >= 11 is 0. The molecule has 0 saturated heterocycles. The predicted octanol–water partition coefficient (Wildman–Crippen LogP) is 0.0390. The Morgan fingerprint density at radius 3 is 2.35 bits per heavy atom. The molecular weight excluding hydrogens is 332 g/mol. The van der Waals surface area contributed by atoms with Crippen molar-refractivity contribution >= 4 is 34.2 Å². The molecule has 2 rings (SSSR count). The largest absolute Gasteiger partial charge is 0.370 e. The molecule has 0 heterocycles. The van der Waals surface area contributed by atoms with Crippen LogP contribution < -0.4 is 27.8 Å². The van der Waals surface area contributed by atoms with E-state index < -0.39 is 11.9 Å². The van der Waals surface area contributed by atoms with E-state index in [0.29, 0.717) is 25.1 Å². The van der Waals surface area contributed by atoms with Gasteiger partial charge in [-0.2, -0.15) is 0 Å². The van der Waals surface area contributed by atoms with E-state index >= 15 is 0 Å². The molecule has 0 aromatic heterocycles. The van der Waals surface area contributed by atoms with E-state index in [1.165, 1.54) is 4.90 Å². The highest BCUT2D eigenvalue weighted by Crippen LogP contribution is 2.25. The van der Waals surface area contributed by atoms with E-state index in [-0.39, 0.29) is 18.4 Å². The van der Waals surface area contributed by atoms with Crippen LogP contribution in [0.3, 0.4) is 0 Å². The van der Waals surface area contributed by atoms with Crippen LogP contribution in [-0.2, 0) is 9.59 Å². The standard InChI is InChI=1S/C18H24N6O2/c19-11-16(25)24(15(17(20)26)6-3-9-23-18(21)22)14-8-7-12-4-1-2-5-13(12)10-14/h1-2,4-5,7-8,10,15H,3,6,9,11,19H2,(H2,20,26)(H4,21,22,23)/t15-/m0/s1. The van der Waals surface area contributed by atoms with Crippen LogP contribution in [0.25, 0.3) is 10.8 Å². The number of nitrogens with zero attached hydrogens (tertiary/aromatic N) is 2. The zero-order chi connectivity index (χ0) is 19.1. The van der Waals surface area contributed by atoms with Crippen LogP contribution in [-0.4, -0.2) is 36.9 Å². The maximum absolute atomic E-state index is 12.5. The molecule has 0 unspecified atom stereocenters. The lowest BCUT2D eigenvalue weighted by atomic mass is 10.0. The van der Waals surface area contributed by atoms with Gasteiger partial charge in [-0.1, -0.05) is 30.3 Å². The minimum atomic E-state index is -0.832. The number of fused-ring (bicyclic) bond motifs is 1. The highest BCUT2D eigenvalue weighted by atomic mass is 16.2. The Hall–Kier alpha value is -3.13. The van der Waals surface area contributed by atoms with Crippen LogP contribution in [0.5, 0.6) is 0 Å². The molecule has 2 aromatic rings. The summed E-state index contributed by atoms with van der Waals surface area (Å²) < 4.78 is 0. The third-order valence-electron chi connectivity index (χ3n) is 4.02. The Balaban J connectivity index is 2.34. The molecule has 0 aliphatic carbocycles. The second kappa shape index (κ2) is 8.82. The molecule has 1 atom stereocenters. The van der Waals surface area contributed by atoms with Crippen molar-refractivity contribution in [3.63, 3.8) is 0 Å². The SMILES string of the molecule is NCC(=O)N(c1ccc2ccccc2c1)[C@@H](CCCN=C(N)N)C(N)=O. The summed E-state index contributed by atoms with van der Waals surface area (Å²) in [6.07, 6.45) is 0.818. The number of carbonyl (C=O) groups excluding carboxylic acids is 2. The fraction of sp³-hybridized carbons (Fsp3) is 0.278. The number of hydrogen-bond acceptors (Lipinski definition) is 4. The van der Waals surface area contributed by atoms with Crippen LogP contribution in [0.1, 0.15) is 12.8 Å². The third kappa shape index (κ3) is 4.70. The van der Waals surface area contributed by atoms with E-state index in [9.17, 15) is 9.59 Å². The lowest BCUT2D eigenvalue weighted by molar-refractivity contribution is -0.124. The highest BCUT2D eigenvalue weighted by molar-refractivity contribution is 6.02. The van der Waals surface area contributed by atoms with E-state index in [1.807, 2.05) is 36.4 Å². The molecule has 2 amide bonds. The molecule has 0 spiro atoms. The first-order chi connectivity index (χ1) is 12.4. The topological polar surface area (TPSA) is 154 Å². The van der Waals surface area contributed by atoms with Crippen molar-refractivity contribution in [1.82, 2.24) is 0 Å². The van der Waals surface area contributed by atoms with Crippen molar-refractivity contribution in [1.29, 1.82) is 0 Å². The number of benzene rings is 2. The number of primary amides is 1. The molecule has 8 nitrogen and oxygen atoms in total. The van der Waals surface area contributed by atoms with Gasteiger partial charge in [0.25, 0.3) is 0 Å². The molecule has 0 radical (unpaired) electrons. The quantitative estimate of drug-likeness (QED) is 0.299. The van der Waals surface area contributed by atoms with Crippen LogP contribution in [0.4, 0.5) is 5.69 Å². The second-order valence-electron chi connectivity index (χ2n) is 5.87. The maximum atomic E-state index is 12.5. The molecule has 0 aliphatic rings. The lowest BCUT2D eigenvalue weighted by Crippen LogP contribution is -2.50. The average molecular weight is 356 g/mol. The molecular formula is C18H24N6O2. The summed E-state index contributed by atoms with van der Waals surface area (Å²) in [7, 11) is 0. The molecule has 0 fully saturated rings. The van der Waals surface area contributed by atoms with E-state index in [2.05, 4.69) is 4.99 Å². The van der Waals surface area contributed by atoms with Crippen molar-refractivity contribution in [2.24, 2.45) is 27.9 Å². The zero-order valence-corrected chi connectivity index (χ0v) is 14.5. The Bertz CT molecular complexity index is 816. The van der Waals surface area contributed by atoms with Crippen molar-refractivity contribution in [3.05, 3.63) is 42.5 Å². The summed E-state index contributed by atoms with van der Waals surface area (Å²) in [6.45, 7) is 0.110. The van der Waals surface area contributed by atoms with Crippen molar-refractivity contribution in [3.8, 4) is 0 Å². The van der Waals surface area contributed by atoms with Gasteiger partial charge in [0.05, 0.1) is 6.54 Å². The second-order valence-corrected chi connectivity index (χ2v) is 5.87. The fourth-order valence-corrected chi connectivity index (χ4v) is 2.81. The van der Waals surface area contributed by atoms with Crippen LogP contribution in [0.2, 0.25) is 0 Å². The Labute approximate surface area is 151 Å². The van der Waals surface area contributed by atoms with Crippen LogP contribution in [0, 0.1) is 0 Å². The smallest absolute Gasteiger partial charge is 0.241 e. The van der Waals surface area contributed by atoms with E-state index in [1.54, 1.807) is 6.07 Å². The Kier molecular flexibility index (Phi) is 6.51. The summed E-state index contributed by atoms with van der Waals surface area (Å²) in [5, 5.41) is 1.98. The molecule has 8 N–H and O–H groups in total. The van der Waals surface area contributed by atoms with Crippen molar-refractivity contribution in [2.75, 3.05) is 18.0 Å². The molecule has 0 saturated carbocycles. The van der Waals surface area contributed by atoms with Gasteiger partial charge in [-0.25, -0.2) is 0 Å². The van der Waals surface area contributed by atoms with Crippen molar-refractivity contribution < 1.29 is 9.59 Å². The number of rotatable bonds is 8. The molecule has 2 aromatic carbocycles. The summed E-state index contributed by atoms with van der Waals surface area (Å²) in [4.78, 5) is 29.7. The van der Waals surface area contributed by atoms with Crippen molar-refractivity contribution in [2.45, 2.75) is 18.9 Å². The number of aliphatic imine (C=N–C) groups is 1. The zero-order valence-electron chi connectivity index (χ0n) is 14.5. The van der Waals surface area contributed by atoms with Gasteiger partial charge in [0.1, 0.15) is 6.04 Å². The van der Waals surface area contributed by atoms with Gasteiger partial charge in [-0.05, 0) is 35.7 Å². The number of anilines is 1. The van der Waals surface area contributed by atoms with Gasteiger partial charge in [-0.15, -0.1) is 0 Å². The molecule has 0 aliphatic heterocycles. The molecule has 138 valence electrons. The number of nitrogens with two attached hydrogens (primary N) is 4. The third-order valence-corrected chi connectivity index (χ3v) is 4.02. The van der Waals surface area contributed by atoms with E-state index in [4.69, 9.17) is 22.9 Å². The number of amides is 2. The number of carbonyl (C=O) groups is 2. The average Bonchev–Trinajstić information content (AvgIpc) is 2.63. The van der Waals surface area contributed by atoms with Gasteiger partial charge in [0, 0.05) is 12.2 Å². The first kappa shape index (κ1) is 19.2. The molecule has 26 heavy (non-hydrogen) atoms.